The SMILES string of the molecule is CC(=O)C[n+]1ccccc1CC[O]. The Morgan fingerprint density at radius 1 is 1.46 bits per heavy atom. The van der Waals surface area contributed by atoms with E-state index in [2.05, 4.69) is 0 Å². The van der Waals surface area contributed by atoms with E-state index in [9.17, 15) is 9.90 Å². The maximum absolute atomic E-state index is 10.9. The molecule has 0 saturated heterocycles. The summed E-state index contributed by atoms with van der Waals surface area (Å²) in [4.78, 5) is 10.9. The molecule has 1 aromatic rings. The summed E-state index contributed by atoms with van der Waals surface area (Å²) in [7, 11) is 0. The van der Waals surface area contributed by atoms with Gasteiger partial charge in [-0.3, -0.25) is 4.79 Å². The molecule has 1 heterocycles. The third kappa shape index (κ3) is 2.95. The highest BCUT2D eigenvalue weighted by Gasteiger charge is 2.10. The first-order valence-corrected chi connectivity index (χ1v) is 4.29. The summed E-state index contributed by atoms with van der Waals surface area (Å²) in [6, 6.07) is 5.61. The van der Waals surface area contributed by atoms with Crippen molar-refractivity contribution in [2.75, 3.05) is 6.61 Å². The van der Waals surface area contributed by atoms with Crippen molar-refractivity contribution in [3.05, 3.63) is 30.1 Å². The zero-order chi connectivity index (χ0) is 9.68. The van der Waals surface area contributed by atoms with Crippen molar-refractivity contribution >= 4 is 5.78 Å². The molecule has 1 aromatic heterocycles. The molecule has 0 unspecified atom stereocenters. The molecule has 0 aliphatic heterocycles. The van der Waals surface area contributed by atoms with E-state index in [-0.39, 0.29) is 12.4 Å². The second-order valence-corrected chi connectivity index (χ2v) is 2.98. The van der Waals surface area contributed by atoms with Crippen LogP contribution < -0.4 is 4.57 Å². The van der Waals surface area contributed by atoms with Crippen LogP contribution in [-0.2, 0) is 22.9 Å². The standard InChI is InChI=1S/C10H13NO2/c1-9(13)8-11-6-3-2-4-10(11)5-7-12/h2-4,6H,5,7-8H2,1H3/q+1. The number of rotatable bonds is 4. The fraction of sp³-hybridized carbons (Fsp3) is 0.400. The van der Waals surface area contributed by atoms with E-state index >= 15 is 0 Å². The highest BCUT2D eigenvalue weighted by molar-refractivity contribution is 5.73. The number of Topliss-reactive ketones (excluding diaryl/α,β-unsaturated/α-hetero) is 1. The lowest BCUT2D eigenvalue weighted by Crippen LogP contribution is -2.41. The molecule has 0 aliphatic rings. The number of ketones is 1. The Bertz CT molecular complexity index is 297. The lowest BCUT2D eigenvalue weighted by molar-refractivity contribution is -0.691. The zero-order valence-electron chi connectivity index (χ0n) is 7.69. The average molecular weight is 179 g/mol. The topological polar surface area (TPSA) is 40.8 Å². The molecule has 0 fully saturated rings. The largest absolute Gasteiger partial charge is 0.293 e. The molecule has 0 aromatic carbocycles. The molecular weight excluding hydrogens is 166 g/mol. The van der Waals surface area contributed by atoms with Crippen molar-refractivity contribution in [1.82, 2.24) is 0 Å². The van der Waals surface area contributed by atoms with Gasteiger partial charge in [-0.05, 0) is 0 Å². The number of hydrogen-bond donors (Lipinski definition) is 0. The van der Waals surface area contributed by atoms with Crippen LogP contribution in [0.3, 0.4) is 0 Å². The molecule has 1 radical (unpaired) electrons. The van der Waals surface area contributed by atoms with Gasteiger partial charge in [0.15, 0.2) is 17.7 Å². The van der Waals surface area contributed by atoms with Crippen molar-refractivity contribution < 1.29 is 14.5 Å². The molecule has 0 spiro atoms. The quantitative estimate of drug-likeness (QED) is 0.622. The average Bonchev–Trinajstić information content (AvgIpc) is 2.08. The van der Waals surface area contributed by atoms with Crippen LogP contribution in [0.4, 0.5) is 0 Å². The predicted molar refractivity (Wildman–Crippen MR) is 46.6 cm³/mol. The first-order valence-electron chi connectivity index (χ1n) is 4.29. The van der Waals surface area contributed by atoms with Gasteiger partial charge in [0.2, 0.25) is 6.54 Å². The van der Waals surface area contributed by atoms with Gasteiger partial charge in [-0.25, -0.2) is 5.11 Å². The van der Waals surface area contributed by atoms with E-state index in [4.69, 9.17) is 0 Å². The number of pyridine rings is 1. The van der Waals surface area contributed by atoms with Gasteiger partial charge in [-0.2, -0.15) is 4.57 Å². The molecule has 1 rings (SSSR count). The summed E-state index contributed by atoms with van der Waals surface area (Å²) < 4.78 is 1.82. The number of carbonyl (C=O) groups excluding carboxylic acids is 1. The summed E-state index contributed by atoms with van der Waals surface area (Å²) in [6.07, 6.45) is 2.31. The molecule has 0 N–H and O–H groups in total. The highest BCUT2D eigenvalue weighted by Crippen LogP contribution is 1.92. The Kier molecular flexibility index (Phi) is 3.58. The van der Waals surface area contributed by atoms with Crippen LogP contribution in [0.1, 0.15) is 12.6 Å². The lowest BCUT2D eigenvalue weighted by atomic mass is 10.2. The van der Waals surface area contributed by atoms with E-state index < -0.39 is 0 Å². The Hall–Kier alpha value is -1.22. The highest BCUT2D eigenvalue weighted by atomic mass is 16.3. The van der Waals surface area contributed by atoms with E-state index in [1.54, 1.807) is 6.92 Å². The fourth-order valence-electron chi connectivity index (χ4n) is 1.24. The van der Waals surface area contributed by atoms with E-state index in [0.29, 0.717) is 13.0 Å². The molecule has 3 nitrogen and oxygen atoms in total. The van der Waals surface area contributed by atoms with Crippen molar-refractivity contribution in [1.29, 1.82) is 0 Å². The minimum atomic E-state index is -0.137. The number of aromatic nitrogens is 1. The van der Waals surface area contributed by atoms with Crippen LogP contribution in [0.15, 0.2) is 24.4 Å². The van der Waals surface area contributed by atoms with E-state index in [1.807, 2.05) is 29.0 Å². The van der Waals surface area contributed by atoms with Crippen LogP contribution in [-0.4, -0.2) is 12.4 Å². The Morgan fingerprint density at radius 2 is 2.23 bits per heavy atom. The van der Waals surface area contributed by atoms with E-state index in [0.717, 1.165) is 5.69 Å². The van der Waals surface area contributed by atoms with Crippen LogP contribution in [0.25, 0.3) is 0 Å². The molecule has 69 valence electrons. The number of carbonyl (C=O) groups is 1. The van der Waals surface area contributed by atoms with Gasteiger partial charge in [0, 0.05) is 19.1 Å². The van der Waals surface area contributed by atoms with Crippen LogP contribution in [0.2, 0.25) is 0 Å². The van der Waals surface area contributed by atoms with Crippen LogP contribution >= 0.6 is 0 Å². The monoisotopic (exact) mass is 179 g/mol. The van der Waals surface area contributed by atoms with Gasteiger partial charge in [-0.15, -0.1) is 0 Å². The second kappa shape index (κ2) is 4.72. The third-order valence-electron chi connectivity index (χ3n) is 1.79. The molecule has 0 aliphatic carbocycles. The molecule has 0 atom stereocenters. The Labute approximate surface area is 77.6 Å². The maximum Gasteiger partial charge on any atom is 0.206 e. The van der Waals surface area contributed by atoms with Crippen LogP contribution in [0.5, 0.6) is 0 Å². The molecular formula is C10H13NO2+. The molecule has 0 saturated carbocycles. The molecule has 0 bridgehead atoms. The number of hydrogen-bond acceptors (Lipinski definition) is 1. The molecule has 0 amide bonds. The van der Waals surface area contributed by atoms with Gasteiger partial charge < -0.3 is 0 Å². The first-order chi connectivity index (χ1) is 6.24. The summed E-state index contributed by atoms with van der Waals surface area (Å²) in [5.74, 6) is 0.100. The first kappa shape index (κ1) is 9.86. The lowest BCUT2D eigenvalue weighted by Gasteiger charge is -1.98. The summed E-state index contributed by atoms with van der Waals surface area (Å²) in [5.41, 5.74) is 0.924. The number of nitrogens with zero attached hydrogens (tertiary/aromatic N) is 1. The normalized spacial score (nSPS) is 10.0. The van der Waals surface area contributed by atoms with Gasteiger partial charge in [0.25, 0.3) is 0 Å². The molecule has 3 heteroatoms. The van der Waals surface area contributed by atoms with Crippen molar-refractivity contribution in [3.63, 3.8) is 0 Å². The third-order valence-corrected chi connectivity index (χ3v) is 1.79. The Balaban J connectivity index is 2.84. The zero-order valence-corrected chi connectivity index (χ0v) is 7.69. The summed E-state index contributed by atoms with van der Waals surface area (Å²) in [6.45, 7) is 1.76. The van der Waals surface area contributed by atoms with Gasteiger partial charge >= 0.3 is 0 Å². The fourth-order valence-corrected chi connectivity index (χ4v) is 1.24. The van der Waals surface area contributed by atoms with Crippen molar-refractivity contribution in [3.8, 4) is 0 Å². The second-order valence-electron chi connectivity index (χ2n) is 2.98. The van der Waals surface area contributed by atoms with Crippen molar-refractivity contribution in [2.45, 2.75) is 19.9 Å². The minimum absolute atomic E-state index is 0.100. The van der Waals surface area contributed by atoms with Crippen molar-refractivity contribution in [2.24, 2.45) is 0 Å². The predicted octanol–water partition coefficient (Wildman–Crippen LogP) is 0.536. The van der Waals surface area contributed by atoms with Gasteiger partial charge in [0.1, 0.15) is 0 Å². The Morgan fingerprint density at radius 3 is 2.85 bits per heavy atom. The molecule has 13 heavy (non-hydrogen) atoms. The van der Waals surface area contributed by atoms with Gasteiger partial charge in [-0.1, -0.05) is 6.07 Å². The smallest absolute Gasteiger partial charge is 0.206 e. The van der Waals surface area contributed by atoms with Crippen LogP contribution in [0, 0.1) is 0 Å². The summed E-state index contributed by atoms with van der Waals surface area (Å²) in [5, 5.41) is 10.4. The van der Waals surface area contributed by atoms with Gasteiger partial charge in [0.05, 0.1) is 13.0 Å². The summed E-state index contributed by atoms with van der Waals surface area (Å²) >= 11 is 0. The van der Waals surface area contributed by atoms with E-state index in [1.165, 1.54) is 0 Å². The maximum atomic E-state index is 10.9. The minimum Gasteiger partial charge on any atom is -0.293 e.